The second-order valence-corrected chi connectivity index (χ2v) is 8.98. The number of ether oxygens (including phenoxy) is 3. The molecule has 2 aromatic carbocycles. The number of nitrogens with two attached hydrogens (primary N) is 1. The van der Waals surface area contributed by atoms with Gasteiger partial charge in [-0.15, -0.1) is 0 Å². The molecule has 0 aliphatic carbocycles. The van der Waals surface area contributed by atoms with E-state index in [0.29, 0.717) is 0 Å². The van der Waals surface area contributed by atoms with Gasteiger partial charge in [0.25, 0.3) is 17.7 Å². The average molecular weight is 558 g/mol. The molecule has 6 N–H and O–H groups in total. The lowest BCUT2D eigenvalue weighted by molar-refractivity contribution is -0.139. The Kier molecular flexibility index (Phi) is 8.00. The van der Waals surface area contributed by atoms with Gasteiger partial charge in [0.05, 0.1) is 0 Å². The molecule has 4 rings (SSSR count). The zero-order valence-electron chi connectivity index (χ0n) is 21.3. The Labute approximate surface area is 226 Å². The Balaban J connectivity index is 1.75. The summed E-state index contributed by atoms with van der Waals surface area (Å²) in [6.07, 6.45) is -1.01. The number of pyridine rings is 1. The van der Waals surface area contributed by atoms with Gasteiger partial charge in [0.2, 0.25) is 17.4 Å². The number of hydrogen-bond acceptors (Lipinski definition) is 9. The Morgan fingerprint density at radius 2 is 1.80 bits per heavy atom. The molecule has 210 valence electrons. The van der Waals surface area contributed by atoms with Crippen molar-refractivity contribution in [2.24, 2.45) is 5.73 Å². The van der Waals surface area contributed by atoms with Crippen molar-refractivity contribution >= 4 is 17.7 Å². The second kappa shape index (κ2) is 11.4. The highest BCUT2D eigenvalue weighted by Gasteiger charge is 2.34. The average Bonchev–Trinajstić information content (AvgIpc) is 3.39. The maximum atomic E-state index is 15.6. The molecule has 2 heterocycles. The number of amidine groups is 1. The van der Waals surface area contributed by atoms with Crippen molar-refractivity contribution in [1.82, 2.24) is 15.2 Å². The summed E-state index contributed by atoms with van der Waals surface area (Å²) in [7, 11) is 3.10. The van der Waals surface area contributed by atoms with Gasteiger partial charge in [-0.3, -0.25) is 15.0 Å². The number of hydrogen-bond donors (Lipinski definition) is 5. The molecule has 1 amide bonds. The van der Waals surface area contributed by atoms with Gasteiger partial charge in [0, 0.05) is 38.2 Å². The minimum atomic E-state index is -1.40. The lowest BCUT2D eigenvalue weighted by atomic mass is 10.2. The third-order valence-electron chi connectivity index (χ3n) is 5.83. The van der Waals surface area contributed by atoms with Gasteiger partial charge in [-0.2, -0.15) is 13.8 Å². The van der Waals surface area contributed by atoms with E-state index in [9.17, 15) is 19.8 Å². The number of aromatic nitrogens is 1. The normalized spacial score (nSPS) is 16.3. The summed E-state index contributed by atoms with van der Waals surface area (Å²) < 4.78 is 47.6. The van der Waals surface area contributed by atoms with Crippen LogP contribution in [0.1, 0.15) is 22.3 Å². The summed E-state index contributed by atoms with van der Waals surface area (Å²) in [4.78, 5) is 28.7. The molecule has 0 spiro atoms. The maximum Gasteiger partial charge on any atom is 0.320 e. The molecule has 12 nitrogen and oxygen atoms in total. The highest BCUT2D eigenvalue weighted by atomic mass is 19.1. The van der Waals surface area contributed by atoms with Crippen molar-refractivity contribution in [3.8, 4) is 34.8 Å². The maximum absolute atomic E-state index is 15.6. The summed E-state index contributed by atoms with van der Waals surface area (Å²) in [5.74, 6) is -8.04. The van der Waals surface area contributed by atoms with Gasteiger partial charge in [0.15, 0.2) is 11.5 Å². The molecule has 1 fully saturated rings. The molecule has 3 aromatic rings. The zero-order valence-corrected chi connectivity index (χ0v) is 21.3. The SMILES string of the molecule is CN(C)C(=O)c1cccc(Oc2nc(Oc3cc(C(=N)N)ccc3O)c(F)c(OC3CNC(C(=O)O)C3)c2F)c1. The first-order valence-corrected chi connectivity index (χ1v) is 11.8. The number of amides is 1. The summed E-state index contributed by atoms with van der Waals surface area (Å²) >= 11 is 0. The van der Waals surface area contributed by atoms with Gasteiger partial charge in [-0.05, 0) is 36.4 Å². The predicted molar refractivity (Wildman–Crippen MR) is 136 cm³/mol. The zero-order chi connectivity index (χ0) is 29.1. The molecule has 0 saturated carbocycles. The Hall–Kier alpha value is -4.98. The monoisotopic (exact) mass is 557 g/mol. The molecule has 0 radical (unpaired) electrons. The Morgan fingerprint density at radius 3 is 2.42 bits per heavy atom. The molecule has 1 aliphatic heterocycles. The van der Waals surface area contributed by atoms with Crippen LogP contribution in [0.3, 0.4) is 0 Å². The van der Waals surface area contributed by atoms with Crippen LogP contribution in [0.5, 0.6) is 34.8 Å². The van der Waals surface area contributed by atoms with Crippen LogP contribution in [0.25, 0.3) is 0 Å². The summed E-state index contributed by atoms with van der Waals surface area (Å²) in [6.45, 7) is -0.0132. The minimum Gasteiger partial charge on any atom is -0.504 e. The van der Waals surface area contributed by atoms with Crippen LogP contribution in [-0.4, -0.2) is 70.6 Å². The molecule has 1 aliphatic rings. The van der Waals surface area contributed by atoms with Gasteiger partial charge in [-0.25, -0.2) is 0 Å². The summed E-state index contributed by atoms with van der Waals surface area (Å²) in [5.41, 5.74) is 5.84. The highest BCUT2D eigenvalue weighted by Crippen LogP contribution is 2.40. The smallest absolute Gasteiger partial charge is 0.320 e. The second-order valence-electron chi connectivity index (χ2n) is 8.98. The van der Waals surface area contributed by atoms with Crippen LogP contribution >= 0.6 is 0 Å². The van der Waals surface area contributed by atoms with Crippen LogP contribution in [0.4, 0.5) is 8.78 Å². The quantitative estimate of drug-likeness (QED) is 0.194. The first-order chi connectivity index (χ1) is 18.9. The number of benzene rings is 2. The van der Waals surface area contributed by atoms with Crippen molar-refractivity contribution in [2.45, 2.75) is 18.6 Å². The van der Waals surface area contributed by atoms with Gasteiger partial charge in [-0.1, -0.05) is 6.07 Å². The number of phenols is 1. The van der Waals surface area contributed by atoms with Gasteiger partial charge >= 0.3 is 5.97 Å². The van der Waals surface area contributed by atoms with E-state index in [1.807, 2.05) is 0 Å². The molecule has 1 aromatic heterocycles. The molecule has 1 saturated heterocycles. The lowest BCUT2D eigenvalue weighted by Gasteiger charge is -2.18. The minimum absolute atomic E-state index is 0.0132. The fourth-order valence-electron chi connectivity index (χ4n) is 3.80. The van der Waals surface area contributed by atoms with E-state index in [-0.39, 0.29) is 47.3 Å². The fourth-order valence-corrected chi connectivity index (χ4v) is 3.80. The van der Waals surface area contributed by atoms with Gasteiger partial charge in [0.1, 0.15) is 23.7 Å². The molecule has 40 heavy (non-hydrogen) atoms. The number of halogens is 2. The number of nitrogens with zero attached hydrogens (tertiary/aromatic N) is 2. The standard InChI is InChI=1S/C26H25F2N5O7/c1-33(2)25(35)13-4-3-5-14(8-13)39-23-19(27)21(38-15-10-16(26(36)37)31-11-15)20(28)24(32-23)40-18-9-12(22(29)30)6-7-17(18)34/h3-9,15-16,31,34H,10-11H2,1-2H3,(H3,29,30)(H,36,37). The Morgan fingerprint density at radius 1 is 1.10 bits per heavy atom. The van der Waals surface area contributed by atoms with Crippen LogP contribution in [0.15, 0.2) is 42.5 Å². The van der Waals surface area contributed by atoms with E-state index in [1.54, 1.807) is 14.1 Å². The number of phenolic OH excluding ortho intramolecular Hbond substituents is 1. The van der Waals surface area contributed by atoms with Crippen LogP contribution in [0.2, 0.25) is 0 Å². The number of aromatic hydroxyl groups is 1. The molecular weight excluding hydrogens is 532 g/mol. The van der Waals surface area contributed by atoms with Crippen LogP contribution in [0, 0.1) is 17.0 Å². The van der Waals surface area contributed by atoms with Crippen molar-refractivity contribution in [2.75, 3.05) is 20.6 Å². The van der Waals surface area contributed by atoms with E-state index >= 15 is 8.78 Å². The first kappa shape index (κ1) is 28.0. The summed E-state index contributed by atoms with van der Waals surface area (Å²) in [6, 6.07) is 8.41. The number of carboxylic acid groups (broad SMARTS) is 1. The first-order valence-electron chi connectivity index (χ1n) is 11.8. The lowest BCUT2D eigenvalue weighted by Crippen LogP contribution is -2.30. The number of carboxylic acids is 1. The van der Waals surface area contributed by atoms with Crippen LogP contribution in [-0.2, 0) is 4.79 Å². The third kappa shape index (κ3) is 6.02. The van der Waals surface area contributed by atoms with Crippen molar-refractivity contribution < 1.29 is 42.8 Å². The number of carbonyl (C=O) groups is 2. The third-order valence-corrected chi connectivity index (χ3v) is 5.83. The fraction of sp³-hybridized carbons (Fsp3) is 0.231. The number of rotatable bonds is 9. The Bertz CT molecular complexity index is 1480. The molecule has 14 heteroatoms. The van der Waals surface area contributed by atoms with Crippen molar-refractivity contribution in [3.63, 3.8) is 0 Å². The topological polar surface area (TPSA) is 180 Å². The number of aliphatic carboxylic acids is 1. The van der Waals surface area contributed by atoms with E-state index in [1.165, 1.54) is 35.2 Å². The van der Waals surface area contributed by atoms with Crippen molar-refractivity contribution in [3.05, 3.63) is 65.2 Å². The van der Waals surface area contributed by atoms with Crippen molar-refractivity contribution in [1.29, 1.82) is 5.41 Å². The van der Waals surface area contributed by atoms with E-state index in [0.717, 1.165) is 12.1 Å². The molecular formula is C26H25F2N5O7. The van der Waals surface area contributed by atoms with E-state index in [4.69, 9.17) is 25.4 Å². The number of nitrogen functional groups attached to an aromatic ring is 1. The van der Waals surface area contributed by atoms with E-state index in [2.05, 4.69) is 10.3 Å². The predicted octanol–water partition coefficient (Wildman–Crippen LogP) is 2.83. The molecule has 2 atom stereocenters. The summed E-state index contributed by atoms with van der Waals surface area (Å²) in [5, 5.41) is 29.7. The molecule has 0 bridgehead atoms. The van der Waals surface area contributed by atoms with E-state index < -0.39 is 53.0 Å². The van der Waals surface area contributed by atoms with Gasteiger partial charge < -0.3 is 40.4 Å². The largest absolute Gasteiger partial charge is 0.504 e. The number of carbonyl (C=O) groups excluding carboxylic acids is 1. The number of nitrogens with one attached hydrogen (secondary N) is 2. The highest BCUT2D eigenvalue weighted by molar-refractivity contribution is 5.95. The molecule has 2 unspecified atom stereocenters. The van der Waals surface area contributed by atoms with Crippen LogP contribution < -0.4 is 25.3 Å².